The Hall–Kier alpha value is -3.01. The van der Waals surface area contributed by atoms with Gasteiger partial charge in [0.1, 0.15) is 0 Å². The van der Waals surface area contributed by atoms with Gasteiger partial charge in [0, 0.05) is 0 Å². The second-order valence-electron chi connectivity index (χ2n) is 7.49. The van der Waals surface area contributed by atoms with Crippen molar-refractivity contribution in [2.45, 2.75) is 6.16 Å². The number of nitro benzene ring substituents is 1. The molecule has 0 aliphatic carbocycles. The molecular weight excluding hydrogens is 471 g/mol. The Kier molecular flexibility index (Phi) is 5.65. The van der Waals surface area contributed by atoms with Crippen molar-refractivity contribution in [3.8, 4) is 0 Å². The van der Waals surface area contributed by atoms with Crippen LogP contribution >= 0.6 is 20.8 Å². The van der Waals surface area contributed by atoms with Gasteiger partial charge in [0.05, 0.1) is 0 Å². The summed E-state index contributed by atoms with van der Waals surface area (Å²) >= 11 is 4.36. The molecule has 156 valence electrons. The van der Waals surface area contributed by atoms with Crippen LogP contribution in [0.25, 0.3) is 0 Å². The quantitative estimate of drug-likeness (QED) is 0.167. The fourth-order valence-electron chi connectivity index (χ4n) is 4.10. The van der Waals surface area contributed by atoms with Gasteiger partial charge in [-0.15, -0.1) is 0 Å². The van der Waals surface area contributed by atoms with Crippen molar-refractivity contribution in [2.75, 3.05) is 5.73 Å². The third-order valence-electron chi connectivity index (χ3n) is 5.69. The number of non-ortho nitro benzene ring substituents is 1. The van der Waals surface area contributed by atoms with Crippen molar-refractivity contribution >= 4 is 48.1 Å². The van der Waals surface area contributed by atoms with E-state index in [0.29, 0.717) is 11.8 Å². The van der Waals surface area contributed by atoms with E-state index in [0.717, 1.165) is 21.5 Å². The summed E-state index contributed by atoms with van der Waals surface area (Å²) in [7, 11) is 0. The van der Waals surface area contributed by atoms with Crippen LogP contribution in [0.3, 0.4) is 0 Å². The number of nitro groups is 1. The molecule has 4 nitrogen and oxygen atoms in total. The van der Waals surface area contributed by atoms with Crippen molar-refractivity contribution < 1.29 is 4.92 Å². The Morgan fingerprint density at radius 3 is 1.55 bits per heavy atom. The molecule has 0 radical (unpaired) electrons. The van der Waals surface area contributed by atoms with Gasteiger partial charge in [0.15, 0.2) is 0 Å². The Morgan fingerprint density at radius 2 is 1.16 bits per heavy atom. The number of nitrogens with two attached hydrogens (primary N) is 1. The fraction of sp³-hybridized carbons (Fsp3) is 0.0400. The molecule has 0 aliphatic heterocycles. The van der Waals surface area contributed by atoms with Gasteiger partial charge >= 0.3 is 190 Å². The Morgan fingerprint density at radius 1 is 0.742 bits per heavy atom. The van der Waals surface area contributed by atoms with Crippen LogP contribution in [0.1, 0.15) is 5.56 Å². The first-order valence-electron chi connectivity index (χ1n) is 9.86. The first-order chi connectivity index (χ1) is 14.9. The van der Waals surface area contributed by atoms with Crippen molar-refractivity contribution in [1.29, 1.82) is 0 Å². The van der Waals surface area contributed by atoms with Gasteiger partial charge in [-0.3, -0.25) is 0 Å². The van der Waals surface area contributed by atoms with Crippen LogP contribution in [0.15, 0.2) is 109 Å². The summed E-state index contributed by atoms with van der Waals surface area (Å²) in [6.45, 7) is 0. The summed E-state index contributed by atoms with van der Waals surface area (Å²) < 4.78 is 0. The molecule has 0 heterocycles. The van der Waals surface area contributed by atoms with E-state index >= 15 is 0 Å². The summed E-state index contributed by atoms with van der Waals surface area (Å²) in [6, 6.07) is 35.6. The van der Waals surface area contributed by atoms with Gasteiger partial charge in [0.25, 0.3) is 0 Å². The average molecular weight is 493 g/mol. The summed E-state index contributed by atoms with van der Waals surface area (Å²) in [5, 5.41) is 11.6. The third kappa shape index (κ3) is 3.65. The van der Waals surface area contributed by atoms with Crippen LogP contribution in [0, 0.1) is 10.1 Å². The number of nitrogen functional groups attached to an aromatic ring is 1. The maximum atomic E-state index is 11.5. The summed E-state index contributed by atoms with van der Waals surface area (Å²) in [6.07, 6.45) is 0.511. The van der Waals surface area contributed by atoms with E-state index < -0.39 is 5.31 Å². The molecule has 0 saturated heterocycles. The first kappa shape index (κ1) is 21.2. The van der Waals surface area contributed by atoms with Crippen LogP contribution in [-0.2, 0) is 6.16 Å². The molecule has 4 aromatic rings. The molecule has 4 rings (SSSR count). The zero-order valence-corrected chi connectivity index (χ0v) is 19.2. The molecule has 0 fully saturated rings. The van der Waals surface area contributed by atoms with Crippen molar-refractivity contribution in [2.24, 2.45) is 0 Å². The maximum absolute atomic E-state index is 11.5. The van der Waals surface area contributed by atoms with Gasteiger partial charge in [-0.1, -0.05) is 0 Å². The molecule has 0 atom stereocenters. The van der Waals surface area contributed by atoms with Gasteiger partial charge < -0.3 is 0 Å². The first-order valence-corrected chi connectivity index (χ1v) is 14.3. The van der Waals surface area contributed by atoms with E-state index in [1.165, 1.54) is 6.07 Å². The molecule has 0 saturated carbocycles. The van der Waals surface area contributed by atoms with Gasteiger partial charge in [-0.05, 0) is 0 Å². The monoisotopic (exact) mass is 492 g/mol. The standard InChI is InChI=1S/C25H22BrN2O2P/c26-31(22-10-4-1-5-11-22,23-12-6-2-7-13-23,24-14-8-3-9-15-24)19-20-18-21(28(29)30)16-17-25(20)27/h1-18H,19,27H2. The molecule has 2 N–H and O–H groups in total. The van der Waals surface area contributed by atoms with E-state index in [1.807, 2.05) is 54.6 Å². The summed E-state index contributed by atoms with van der Waals surface area (Å²) in [5.41, 5.74) is 7.70. The Balaban J connectivity index is 2.09. The van der Waals surface area contributed by atoms with Crippen molar-refractivity contribution in [3.05, 3.63) is 125 Å². The van der Waals surface area contributed by atoms with Crippen LogP contribution in [0.2, 0.25) is 0 Å². The number of anilines is 1. The minimum absolute atomic E-state index is 0.0379. The van der Waals surface area contributed by atoms with Crippen LogP contribution < -0.4 is 21.6 Å². The minimum atomic E-state index is -3.26. The Labute approximate surface area is 189 Å². The molecule has 31 heavy (non-hydrogen) atoms. The van der Waals surface area contributed by atoms with E-state index in [1.54, 1.807) is 12.1 Å². The average Bonchev–Trinajstić information content (AvgIpc) is 2.82. The van der Waals surface area contributed by atoms with E-state index in [9.17, 15) is 10.1 Å². The normalized spacial score (nSPS) is 12.6. The zero-order chi connectivity index (χ0) is 21.9. The molecular formula is C25H22BrN2O2P. The van der Waals surface area contributed by atoms with E-state index in [4.69, 9.17) is 5.73 Å². The van der Waals surface area contributed by atoms with E-state index in [-0.39, 0.29) is 10.6 Å². The van der Waals surface area contributed by atoms with Crippen LogP contribution in [0.4, 0.5) is 11.4 Å². The summed E-state index contributed by atoms with van der Waals surface area (Å²) in [4.78, 5) is 11.1. The van der Waals surface area contributed by atoms with Gasteiger partial charge in [-0.2, -0.15) is 0 Å². The Bertz CT molecular complexity index is 1120. The number of rotatable bonds is 6. The molecule has 0 unspecified atom stereocenters. The second-order valence-corrected chi connectivity index (χ2v) is 16.4. The van der Waals surface area contributed by atoms with Crippen molar-refractivity contribution in [3.63, 3.8) is 0 Å². The fourth-order valence-corrected chi connectivity index (χ4v) is 11.8. The molecule has 0 bridgehead atoms. The van der Waals surface area contributed by atoms with Gasteiger partial charge in [-0.25, -0.2) is 0 Å². The third-order valence-corrected chi connectivity index (χ3v) is 15.2. The number of hydrogen-bond acceptors (Lipinski definition) is 3. The molecule has 0 aliphatic rings. The van der Waals surface area contributed by atoms with Crippen LogP contribution in [-0.4, -0.2) is 4.92 Å². The molecule has 0 aromatic heterocycles. The number of halogens is 1. The molecule has 0 amide bonds. The second kappa shape index (κ2) is 8.26. The molecule has 4 aromatic carbocycles. The number of nitrogens with zero attached hydrogens (tertiary/aromatic N) is 1. The topological polar surface area (TPSA) is 69.2 Å². The number of hydrogen-bond donors (Lipinski definition) is 1. The van der Waals surface area contributed by atoms with E-state index in [2.05, 4.69) is 51.9 Å². The predicted molar refractivity (Wildman–Crippen MR) is 135 cm³/mol. The predicted octanol–water partition coefficient (Wildman–Crippen LogP) is 5.52. The SMILES string of the molecule is Nc1ccc([N+](=O)[O-])cc1CP(Br)(c1ccccc1)(c1ccccc1)c1ccccc1. The summed E-state index contributed by atoms with van der Waals surface area (Å²) in [5.74, 6) is 0. The number of benzene rings is 4. The zero-order valence-electron chi connectivity index (χ0n) is 16.8. The van der Waals surface area contributed by atoms with Crippen LogP contribution in [0.5, 0.6) is 0 Å². The van der Waals surface area contributed by atoms with Gasteiger partial charge in [0.2, 0.25) is 0 Å². The molecule has 6 heteroatoms. The molecule has 0 spiro atoms. The van der Waals surface area contributed by atoms with Crippen molar-refractivity contribution in [1.82, 2.24) is 0 Å².